The second kappa shape index (κ2) is 10.2. The van der Waals surface area contributed by atoms with Gasteiger partial charge in [-0.1, -0.05) is 0 Å². The van der Waals surface area contributed by atoms with Crippen molar-refractivity contribution in [3.63, 3.8) is 0 Å². The topological polar surface area (TPSA) is 88.8 Å². The highest BCUT2D eigenvalue weighted by molar-refractivity contribution is 5.82. The molecule has 3 saturated heterocycles. The van der Waals surface area contributed by atoms with E-state index in [1.807, 2.05) is 23.9 Å². The number of fused-ring (bicyclic) bond motifs is 1. The van der Waals surface area contributed by atoms with Gasteiger partial charge < -0.3 is 19.5 Å². The number of ether oxygens (including phenoxy) is 2. The highest BCUT2D eigenvalue weighted by Gasteiger charge is 2.35. The van der Waals surface area contributed by atoms with Crippen LogP contribution in [0.15, 0.2) is 24.4 Å². The first kappa shape index (κ1) is 24.7. The van der Waals surface area contributed by atoms with Crippen molar-refractivity contribution in [1.82, 2.24) is 24.6 Å². The normalized spacial score (nSPS) is 27.3. The molecule has 3 aromatic rings. The maximum absolute atomic E-state index is 15.6. The van der Waals surface area contributed by atoms with Crippen LogP contribution in [0, 0.1) is 13.8 Å². The summed E-state index contributed by atoms with van der Waals surface area (Å²) in [5.74, 6) is 1.96. The van der Waals surface area contributed by atoms with E-state index in [2.05, 4.69) is 43.9 Å². The van der Waals surface area contributed by atoms with E-state index in [1.54, 1.807) is 0 Å². The fourth-order valence-electron chi connectivity index (χ4n) is 6.05. The maximum Gasteiger partial charge on any atom is 0.159 e. The smallest absolute Gasteiger partial charge is 0.159 e. The Hall–Kier alpha value is -2.66. The number of aliphatic hydroxyl groups is 1. The van der Waals surface area contributed by atoms with E-state index in [1.165, 1.54) is 0 Å². The number of piperidine rings is 1. The van der Waals surface area contributed by atoms with Gasteiger partial charge in [0.15, 0.2) is 5.82 Å². The summed E-state index contributed by atoms with van der Waals surface area (Å²) < 4.78 is 28.5. The van der Waals surface area contributed by atoms with Crippen LogP contribution in [0.2, 0.25) is 0 Å². The number of benzene rings is 1. The van der Waals surface area contributed by atoms with Gasteiger partial charge in [-0.2, -0.15) is 5.10 Å². The second-order valence-corrected chi connectivity index (χ2v) is 10.5. The number of anilines is 1. The number of alkyl halides is 1. The van der Waals surface area contributed by atoms with Crippen molar-refractivity contribution < 1.29 is 19.0 Å². The molecule has 9 nitrogen and oxygen atoms in total. The monoisotopic (exact) mass is 510 g/mol. The molecule has 0 saturated carbocycles. The lowest BCUT2D eigenvalue weighted by atomic mass is 9.84. The van der Waals surface area contributed by atoms with E-state index in [0.717, 1.165) is 53.8 Å². The molecule has 0 amide bonds. The fourth-order valence-corrected chi connectivity index (χ4v) is 6.05. The molecule has 1 N–H and O–H groups in total. The van der Waals surface area contributed by atoms with Crippen LogP contribution in [-0.2, 0) is 9.47 Å². The maximum atomic E-state index is 15.6. The zero-order valence-electron chi connectivity index (χ0n) is 21.5. The third-order valence-electron chi connectivity index (χ3n) is 8.04. The number of halogens is 1. The molecule has 4 atom stereocenters. The first-order chi connectivity index (χ1) is 18.0. The molecule has 37 heavy (non-hydrogen) atoms. The fraction of sp³-hybridized carbons (Fsp3) is 0.593. The van der Waals surface area contributed by atoms with Gasteiger partial charge >= 0.3 is 0 Å². The Labute approximate surface area is 216 Å². The van der Waals surface area contributed by atoms with Crippen LogP contribution in [0.4, 0.5) is 10.2 Å². The Morgan fingerprint density at radius 3 is 2.70 bits per heavy atom. The van der Waals surface area contributed by atoms with Gasteiger partial charge in [0.1, 0.15) is 17.8 Å². The highest BCUT2D eigenvalue weighted by Crippen LogP contribution is 2.36. The van der Waals surface area contributed by atoms with Crippen molar-refractivity contribution >= 4 is 16.7 Å². The van der Waals surface area contributed by atoms with Gasteiger partial charge in [-0.3, -0.25) is 4.90 Å². The van der Waals surface area contributed by atoms with E-state index >= 15 is 4.39 Å². The number of hydrogen-bond donors (Lipinski definition) is 1. The molecule has 0 aliphatic carbocycles. The predicted octanol–water partition coefficient (Wildman–Crippen LogP) is 2.55. The Morgan fingerprint density at radius 1 is 1.05 bits per heavy atom. The summed E-state index contributed by atoms with van der Waals surface area (Å²) in [5.41, 5.74) is 3.06. The summed E-state index contributed by atoms with van der Waals surface area (Å²) in [6, 6.07) is 6.50. The molecule has 6 rings (SSSR count). The summed E-state index contributed by atoms with van der Waals surface area (Å²) in [6.07, 6.45) is 2.47. The Morgan fingerprint density at radius 2 is 1.92 bits per heavy atom. The quantitative estimate of drug-likeness (QED) is 0.560. The number of nitrogens with zero attached hydrogens (tertiary/aromatic N) is 6. The lowest BCUT2D eigenvalue weighted by Crippen LogP contribution is -2.46. The van der Waals surface area contributed by atoms with Gasteiger partial charge in [0.25, 0.3) is 0 Å². The number of hydrogen-bond acceptors (Lipinski definition) is 8. The van der Waals surface area contributed by atoms with E-state index in [0.29, 0.717) is 50.5 Å². The Balaban J connectivity index is 1.30. The van der Waals surface area contributed by atoms with Gasteiger partial charge in [-0.15, -0.1) is 0 Å². The van der Waals surface area contributed by atoms with E-state index in [4.69, 9.17) is 9.47 Å². The van der Waals surface area contributed by atoms with Crippen molar-refractivity contribution in [3.05, 3.63) is 41.3 Å². The van der Waals surface area contributed by atoms with Crippen molar-refractivity contribution in [2.75, 3.05) is 57.5 Å². The van der Waals surface area contributed by atoms with Gasteiger partial charge in [-0.25, -0.2) is 19.0 Å². The summed E-state index contributed by atoms with van der Waals surface area (Å²) >= 11 is 0. The van der Waals surface area contributed by atoms with Gasteiger partial charge in [0, 0.05) is 49.7 Å². The molecule has 0 bridgehead atoms. The number of aliphatic hydroxyl groups excluding tert-OH is 1. The summed E-state index contributed by atoms with van der Waals surface area (Å²) in [7, 11) is 0. The van der Waals surface area contributed by atoms with Crippen LogP contribution in [-0.4, -0.2) is 101 Å². The molecule has 0 spiro atoms. The summed E-state index contributed by atoms with van der Waals surface area (Å²) in [5, 5.41) is 15.2. The lowest BCUT2D eigenvalue weighted by molar-refractivity contribution is 0.00335. The van der Waals surface area contributed by atoms with E-state index in [9.17, 15) is 5.11 Å². The predicted molar refractivity (Wildman–Crippen MR) is 138 cm³/mol. The first-order valence-electron chi connectivity index (χ1n) is 13.3. The van der Waals surface area contributed by atoms with E-state index in [-0.39, 0.29) is 18.6 Å². The summed E-state index contributed by atoms with van der Waals surface area (Å²) in [6.45, 7) is 8.55. The molecule has 3 aliphatic rings. The number of aryl methyl sites for hydroxylation is 2. The van der Waals surface area contributed by atoms with Gasteiger partial charge in [-0.05, 0) is 56.5 Å². The molecule has 0 radical (unpaired) electrons. The molecule has 10 heteroatoms. The lowest BCUT2D eigenvalue weighted by Gasteiger charge is -2.38. The Kier molecular flexibility index (Phi) is 6.83. The zero-order chi connectivity index (χ0) is 25.5. The van der Waals surface area contributed by atoms with Gasteiger partial charge in [0.05, 0.1) is 37.6 Å². The van der Waals surface area contributed by atoms with Crippen LogP contribution >= 0.6 is 0 Å². The molecular formula is C27H35FN6O3. The number of aromatic nitrogens is 4. The SMILES string of the molecule is Cc1nc(N2CCO[C@@H](CO)C2)cc(-n2ncc3cc(C)c(C4CCN(C5CCOC5)CC4F)cc32)n1. The average molecular weight is 511 g/mol. The van der Waals surface area contributed by atoms with Crippen molar-refractivity contribution in [2.45, 2.75) is 50.9 Å². The summed E-state index contributed by atoms with van der Waals surface area (Å²) in [4.78, 5) is 13.7. The highest BCUT2D eigenvalue weighted by atomic mass is 19.1. The molecule has 3 fully saturated rings. The molecule has 3 unspecified atom stereocenters. The van der Waals surface area contributed by atoms with Crippen LogP contribution in [0.5, 0.6) is 0 Å². The van der Waals surface area contributed by atoms with E-state index < -0.39 is 6.17 Å². The average Bonchev–Trinajstić information content (AvgIpc) is 3.58. The molecule has 198 valence electrons. The van der Waals surface area contributed by atoms with Crippen LogP contribution in [0.1, 0.15) is 35.7 Å². The van der Waals surface area contributed by atoms with Gasteiger partial charge in [0.2, 0.25) is 0 Å². The standard InChI is InChI=1S/C27H35FN6O3/c1-17-9-19-12-29-34(27-11-26(30-18(2)31-27)33-6-8-37-21(13-33)15-35)25(19)10-23(17)22-3-5-32(14-24(22)28)20-4-7-36-16-20/h9-12,20-22,24,35H,3-8,13-16H2,1-2H3/t20?,21-,22?,24?/m1/s1. The first-order valence-corrected chi connectivity index (χ1v) is 13.3. The third-order valence-corrected chi connectivity index (χ3v) is 8.04. The minimum absolute atomic E-state index is 0.0255. The molecule has 1 aromatic carbocycles. The molecule has 3 aliphatic heterocycles. The van der Waals surface area contributed by atoms with Crippen molar-refractivity contribution in [3.8, 4) is 5.82 Å². The minimum Gasteiger partial charge on any atom is -0.394 e. The number of rotatable bonds is 5. The zero-order valence-corrected chi connectivity index (χ0v) is 21.5. The molecule has 5 heterocycles. The van der Waals surface area contributed by atoms with Crippen LogP contribution < -0.4 is 4.90 Å². The van der Waals surface area contributed by atoms with Crippen molar-refractivity contribution in [1.29, 1.82) is 0 Å². The minimum atomic E-state index is -0.921. The number of morpholine rings is 1. The number of likely N-dealkylation sites (tertiary alicyclic amines) is 1. The molecule has 2 aromatic heterocycles. The molecular weight excluding hydrogens is 475 g/mol. The van der Waals surface area contributed by atoms with Crippen molar-refractivity contribution in [2.24, 2.45) is 0 Å². The Bertz CT molecular complexity index is 1260. The largest absolute Gasteiger partial charge is 0.394 e. The van der Waals surface area contributed by atoms with Crippen LogP contribution in [0.25, 0.3) is 16.7 Å². The second-order valence-electron chi connectivity index (χ2n) is 10.5. The van der Waals surface area contributed by atoms with Crippen LogP contribution in [0.3, 0.4) is 0 Å². The third kappa shape index (κ3) is 4.83.